The maximum Gasteiger partial charge on any atom is 0.335 e. The lowest BCUT2D eigenvalue weighted by Crippen LogP contribution is -2.16. The number of aryl methyl sites for hydroxylation is 1. The van der Waals surface area contributed by atoms with E-state index in [9.17, 15) is 14.0 Å². The molecule has 1 aromatic carbocycles. The van der Waals surface area contributed by atoms with Crippen LogP contribution < -0.4 is 5.73 Å². The zero-order valence-electron chi connectivity index (χ0n) is 8.08. The van der Waals surface area contributed by atoms with Crippen molar-refractivity contribution in [1.29, 1.82) is 0 Å². The number of aromatic carboxylic acids is 1. The number of halogens is 1. The normalized spacial score (nSPS) is 10.1. The van der Waals surface area contributed by atoms with Gasteiger partial charge in [0.25, 0.3) is 0 Å². The molecule has 1 aromatic rings. The third kappa shape index (κ3) is 2.19. The van der Waals surface area contributed by atoms with E-state index in [0.29, 0.717) is 0 Å². The van der Waals surface area contributed by atoms with Gasteiger partial charge in [-0.15, -0.1) is 0 Å². The van der Waals surface area contributed by atoms with Crippen LogP contribution in [0.4, 0.5) is 4.39 Å². The van der Waals surface area contributed by atoms with E-state index in [2.05, 4.69) is 0 Å². The van der Waals surface area contributed by atoms with Crippen molar-refractivity contribution in [3.8, 4) is 0 Å². The minimum atomic E-state index is -1.20. The summed E-state index contributed by atoms with van der Waals surface area (Å²) in [7, 11) is 0. The molecule has 0 amide bonds. The van der Waals surface area contributed by atoms with Crippen molar-refractivity contribution in [1.82, 2.24) is 0 Å². The highest BCUT2D eigenvalue weighted by atomic mass is 19.1. The average Bonchev–Trinajstić information content (AvgIpc) is 2.16. The summed E-state index contributed by atoms with van der Waals surface area (Å²) in [6, 6.07) is 2.04. The topological polar surface area (TPSA) is 80.4 Å². The van der Waals surface area contributed by atoms with Gasteiger partial charge < -0.3 is 10.8 Å². The molecule has 0 atom stereocenters. The van der Waals surface area contributed by atoms with Crippen molar-refractivity contribution < 1.29 is 19.1 Å². The van der Waals surface area contributed by atoms with Gasteiger partial charge in [-0.3, -0.25) is 4.79 Å². The van der Waals surface area contributed by atoms with Crippen LogP contribution in [0.15, 0.2) is 12.1 Å². The van der Waals surface area contributed by atoms with Gasteiger partial charge >= 0.3 is 5.97 Å². The van der Waals surface area contributed by atoms with Gasteiger partial charge in [-0.05, 0) is 24.6 Å². The molecule has 0 saturated carbocycles. The largest absolute Gasteiger partial charge is 0.478 e. The number of hydrogen-bond donors (Lipinski definition) is 2. The number of ketones is 1. The van der Waals surface area contributed by atoms with Crippen molar-refractivity contribution in [2.24, 2.45) is 5.73 Å². The van der Waals surface area contributed by atoms with Crippen molar-refractivity contribution >= 4 is 11.8 Å². The van der Waals surface area contributed by atoms with E-state index in [4.69, 9.17) is 10.8 Å². The molecule has 0 unspecified atom stereocenters. The summed E-state index contributed by atoms with van der Waals surface area (Å²) < 4.78 is 13.3. The SMILES string of the molecule is Cc1cc(F)c(C(=O)CN)cc1C(=O)O. The van der Waals surface area contributed by atoms with E-state index < -0.39 is 17.6 Å². The van der Waals surface area contributed by atoms with Gasteiger partial charge in [0.2, 0.25) is 0 Å². The number of rotatable bonds is 3. The molecule has 0 fully saturated rings. The van der Waals surface area contributed by atoms with Crippen LogP contribution in [-0.2, 0) is 0 Å². The van der Waals surface area contributed by atoms with Gasteiger partial charge in [0, 0.05) is 0 Å². The highest BCUT2D eigenvalue weighted by Gasteiger charge is 2.16. The molecule has 0 aliphatic rings. The van der Waals surface area contributed by atoms with E-state index in [1.54, 1.807) is 0 Å². The molecule has 80 valence electrons. The summed E-state index contributed by atoms with van der Waals surface area (Å²) in [5.74, 6) is -2.55. The quantitative estimate of drug-likeness (QED) is 0.730. The molecule has 0 radical (unpaired) electrons. The molecular weight excluding hydrogens is 201 g/mol. The number of hydrogen-bond acceptors (Lipinski definition) is 3. The fourth-order valence-electron chi connectivity index (χ4n) is 1.23. The Morgan fingerprint density at radius 3 is 2.47 bits per heavy atom. The van der Waals surface area contributed by atoms with Crippen molar-refractivity contribution in [3.05, 3.63) is 34.6 Å². The van der Waals surface area contributed by atoms with Crippen LogP contribution in [0, 0.1) is 12.7 Å². The van der Waals surface area contributed by atoms with Crippen LogP contribution in [-0.4, -0.2) is 23.4 Å². The van der Waals surface area contributed by atoms with Gasteiger partial charge in [-0.25, -0.2) is 9.18 Å². The summed E-state index contributed by atoms with van der Waals surface area (Å²) in [6.45, 7) is 1.11. The zero-order valence-corrected chi connectivity index (χ0v) is 8.08. The van der Waals surface area contributed by atoms with Crippen LogP contribution in [0.5, 0.6) is 0 Å². The third-order valence-electron chi connectivity index (χ3n) is 2.03. The molecular formula is C10H10FNO3. The lowest BCUT2D eigenvalue weighted by atomic mass is 10.0. The molecule has 0 aliphatic heterocycles. The van der Waals surface area contributed by atoms with Gasteiger partial charge in [-0.2, -0.15) is 0 Å². The standard InChI is InChI=1S/C10H10FNO3/c1-5-2-8(11)7(9(13)4-12)3-6(5)10(14)15/h2-3H,4,12H2,1H3,(H,14,15). The van der Waals surface area contributed by atoms with Crippen molar-refractivity contribution in [2.45, 2.75) is 6.92 Å². The molecule has 5 heteroatoms. The number of carboxylic acids is 1. The van der Waals surface area contributed by atoms with Crippen molar-refractivity contribution in [3.63, 3.8) is 0 Å². The van der Waals surface area contributed by atoms with E-state index in [0.717, 1.165) is 12.1 Å². The summed E-state index contributed by atoms with van der Waals surface area (Å²) in [5.41, 5.74) is 4.98. The van der Waals surface area contributed by atoms with Crippen molar-refractivity contribution in [2.75, 3.05) is 6.54 Å². The van der Waals surface area contributed by atoms with Gasteiger partial charge in [0.1, 0.15) is 5.82 Å². The maximum atomic E-state index is 13.3. The molecule has 4 nitrogen and oxygen atoms in total. The van der Waals surface area contributed by atoms with Gasteiger partial charge in [0.15, 0.2) is 5.78 Å². The lowest BCUT2D eigenvalue weighted by Gasteiger charge is -2.05. The highest BCUT2D eigenvalue weighted by Crippen LogP contribution is 2.15. The van der Waals surface area contributed by atoms with Crippen LogP contribution in [0.3, 0.4) is 0 Å². The number of benzene rings is 1. The molecule has 0 saturated heterocycles. The minimum absolute atomic E-state index is 0.0896. The first kappa shape index (κ1) is 11.3. The average molecular weight is 211 g/mol. The van der Waals surface area contributed by atoms with Crippen LogP contribution in [0.1, 0.15) is 26.3 Å². The Labute approximate surface area is 85.5 Å². The molecule has 0 heterocycles. The lowest BCUT2D eigenvalue weighted by molar-refractivity contribution is 0.0696. The molecule has 0 aliphatic carbocycles. The van der Waals surface area contributed by atoms with Gasteiger partial charge in [0.05, 0.1) is 17.7 Å². The summed E-state index contributed by atoms with van der Waals surface area (Å²) >= 11 is 0. The Bertz CT molecular complexity index is 429. The first-order chi connectivity index (χ1) is 6.97. The van der Waals surface area contributed by atoms with Gasteiger partial charge in [-0.1, -0.05) is 0 Å². The van der Waals surface area contributed by atoms with Crippen LogP contribution >= 0.6 is 0 Å². The van der Waals surface area contributed by atoms with E-state index in [-0.39, 0.29) is 23.2 Å². The Morgan fingerprint density at radius 2 is 2.00 bits per heavy atom. The molecule has 15 heavy (non-hydrogen) atoms. The summed E-state index contributed by atoms with van der Waals surface area (Å²) in [5, 5.41) is 8.77. The Morgan fingerprint density at radius 1 is 1.40 bits per heavy atom. The van der Waals surface area contributed by atoms with Crippen LogP contribution in [0.2, 0.25) is 0 Å². The molecule has 0 aromatic heterocycles. The Hall–Kier alpha value is -1.75. The zero-order chi connectivity index (χ0) is 11.6. The second-order valence-electron chi connectivity index (χ2n) is 3.08. The van der Waals surface area contributed by atoms with E-state index in [1.165, 1.54) is 6.92 Å². The smallest absolute Gasteiger partial charge is 0.335 e. The second kappa shape index (κ2) is 4.18. The number of carbonyl (C=O) groups is 2. The first-order valence-corrected chi connectivity index (χ1v) is 4.24. The third-order valence-corrected chi connectivity index (χ3v) is 2.03. The van der Waals surface area contributed by atoms with E-state index in [1.807, 2.05) is 0 Å². The molecule has 1 rings (SSSR count). The number of nitrogens with two attached hydrogens (primary N) is 1. The molecule has 3 N–H and O–H groups in total. The number of Topliss-reactive ketones (excluding diaryl/α,β-unsaturated/α-hetero) is 1. The summed E-state index contributed by atoms with van der Waals surface area (Å²) in [4.78, 5) is 21.9. The minimum Gasteiger partial charge on any atom is -0.478 e. The summed E-state index contributed by atoms with van der Waals surface area (Å²) in [6.07, 6.45) is 0. The maximum absolute atomic E-state index is 13.3. The first-order valence-electron chi connectivity index (χ1n) is 4.24. The molecule has 0 spiro atoms. The Kier molecular flexibility index (Phi) is 3.16. The fourth-order valence-corrected chi connectivity index (χ4v) is 1.23. The number of carboxylic acid groups (broad SMARTS) is 1. The highest BCUT2D eigenvalue weighted by molar-refractivity contribution is 6.00. The second-order valence-corrected chi connectivity index (χ2v) is 3.08. The number of carbonyl (C=O) groups excluding carboxylic acids is 1. The monoisotopic (exact) mass is 211 g/mol. The van der Waals surface area contributed by atoms with Crippen LogP contribution in [0.25, 0.3) is 0 Å². The van der Waals surface area contributed by atoms with E-state index >= 15 is 0 Å². The fraction of sp³-hybridized carbons (Fsp3) is 0.200. The molecule has 0 bridgehead atoms. The predicted octanol–water partition coefficient (Wildman–Crippen LogP) is 0.974. The predicted molar refractivity (Wildman–Crippen MR) is 51.5 cm³/mol. The Balaban J connectivity index is 3.36.